The van der Waals surface area contributed by atoms with Crippen LogP contribution in [0.5, 0.6) is 0 Å². The van der Waals surface area contributed by atoms with Crippen molar-refractivity contribution >= 4 is 48.3 Å². The lowest BCUT2D eigenvalue weighted by Gasteiger charge is -2.22. The molecule has 2 unspecified atom stereocenters. The van der Waals surface area contributed by atoms with Gasteiger partial charge in [-0.25, -0.2) is 13.4 Å². The number of hydrogen-bond donors (Lipinski definition) is 1. The topological polar surface area (TPSA) is 89.1 Å². The molecule has 4 aromatic rings. The van der Waals surface area contributed by atoms with Gasteiger partial charge in [0.25, 0.3) is 0 Å². The molecule has 0 aliphatic rings. The molecule has 0 saturated heterocycles. The number of aromatic amines is 1. The molecule has 2 atom stereocenters. The summed E-state index contributed by atoms with van der Waals surface area (Å²) in [5.41, 5.74) is -1.40. The highest BCUT2D eigenvalue weighted by Crippen LogP contribution is 2.41. The Morgan fingerprint density at radius 2 is 2.00 bits per heavy atom. The summed E-state index contributed by atoms with van der Waals surface area (Å²) in [5.74, 6) is -0.775. The second-order valence-electron chi connectivity index (χ2n) is 7.87. The Labute approximate surface area is 203 Å². The number of rotatable bonds is 7. The summed E-state index contributed by atoms with van der Waals surface area (Å²) < 4.78 is 73.3. The zero-order valence-corrected chi connectivity index (χ0v) is 20.4. The van der Waals surface area contributed by atoms with E-state index in [0.717, 1.165) is 17.1 Å². The molecule has 2 heterocycles. The molecule has 1 N–H and O–H groups in total. The monoisotopic (exact) mass is 522 g/mol. The van der Waals surface area contributed by atoms with Gasteiger partial charge in [0, 0.05) is 17.3 Å². The van der Waals surface area contributed by atoms with Crippen molar-refractivity contribution in [2.24, 2.45) is 0 Å². The third kappa shape index (κ3) is 4.70. The number of aryl methyl sites for hydroxylation is 1. The summed E-state index contributed by atoms with van der Waals surface area (Å²) >= 11 is 1.33. The van der Waals surface area contributed by atoms with Crippen LogP contribution in [0, 0.1) is 6.92 Å². The van der Waals surface area contributed by atoms with Crippen LogP contribution in [0.2, 0.25) is 0 Å². The SMILES string of the molecule is C=CC(c1cccc2nc(C)sc12)S(=O)(=O)C(OC(=O)CC)c1cc2cc(C(F)(F)F)ccc2[nH]1. The fraction of sp³-hybridized carbons (Fsp3) is 0.250. The molecule has 2 aromatic carbocycles. The molecule has 11 heteroatoms. The van der Waals surface area contributed by atoms with E-state index in [1.807, 2.05) is 0 Å². The number of aromatic nitrogens is 2. The van der Waals surface area contributed by atoms with E-state index in [2.05, 4.69) is 16.5 Å². The molecule has 35 heavy (non-hydrogen) atoms. The number of alkyl halides is 3. The quantitative estimate of drug-likeness (QED) is 0.224. The highest BCUT2D eigenvalue weighted by molar-refractivity contribution is 7.92. The van der Waals surface area contributed by atoms with E-state index in [0.29, 0.717) is 15.8 Å². The van der Waals surface area contributed by atoms with Gasteiger partial charge in [0.15, 0.2) is 0 Å². The van der Waals surface area contributed by atoms with Crippen LogP contribution in [-0.2, 0) is 25.5 Å². The minimum absolute atomic E-state index is 0.0550. The largest absolute Gasteiger partial charge is 0.439 e. The van der Waals surface area contributed by atoms with Gasteiger partial charge in [-0.05, 0) is 42.8 Å². The maximum absolute atomic E-state index is 13.9. The van der Waals surface area contributed by atoms with Crippen molar-refractivity contribution < 1.29 is 31.1 Å². The number of esters is 1. The molecule has 0 fully saturated rings. The molecule has 0 bridgehead atoms. The number of hydrogen-bond acceptors (Lipinski definition) is 6. The second kappa shape index (κ2) is 9.12. The maximum atomic E-state index is 13.9. The first-order chi connectivity index (χ1) is 16.5. The van der Waals surface area contributed by atoms with Crippen molar-refractivity contribution in [3.63, 3.8) is 0 Å². The van der Waals surface area contributed by atoms with E-state index in [4.69, 9.17) is 4.74 Å². The maximum Gasteiger partial charge on any atom is 0.416 e. The average molecular weight is 523 g/mol. The van der Waals surface area contributed by atoms with Crippen LogP contribution in [0.15, 0.2) is 55.1 Å². The summed E-state index contributed by atoms with van der Waals surface area (Å²) in [6.07, 6.45) is -3.41. The van der Waals surface area contributed by atoms with E-state index in [1.165, 1.54) is 36.5 Å². The molecule has 6 nitrogen and oxygen atoms in total. The number of benzene rings is 2. The van der Waals surface area contributed by atoms with Gasteiger partial charge in [0.2, 0.25) is 15.3 Å². The number of ether oxygens (including phenoxy) is 1. The number of sulfone groups is 1. The van der Waals surface area contributed by atoms with E-state index >= 15 is 0 Å². The fourth-order valence-electron chi connectivity index (χ4n) is 3.85. The first kappa shape index (κ1) is 24.9. The first-order valence-corrected chi connectivity index (χ1v) is 13.0. The van der Waals surface area contributed by atoms with Gasteiger partial charge in [-0.1, -0.05) is 25.1 Å². The average Bonchev–Trinajstić information content (AvgIpc) is 3.39. The molecule has 0 aliphatic heterocycles. The number of carbonyl (C=O) groups excluding carboxylic acids is 1. The molecular formula is C24H21F3N2O4S2. The molecule has 0 spiro atoms. The van der Waals surface area contributed by atoms with Gasteiger partial charge in [0.05, 0.1) is 26.5 Å². The zero-order chi connectivity index (χ0) is 25.5. The van der Waals surface area contributed by atoms with Crippen molar-refractivity contribution in [3.8, 4) is 0 Å². The van der Waals surface area contributed by atoms with Gasteiger partial charge in [-0.2, -0.15) is 13.2 Å². The lowest BCUT2D eigenvalue weighted by molar-refractivity contribution is -0.145. The second-order valence-corrected chi connectivity index (χ2v) is 11.2. The summed E-state index contributed by atoms with van der Waals surface area (Å²) in [4.78, 5) is 19.4. The predicted molar refractivity (Wildman–Crippen MR) is 129 cm³/mol. The highest BCUT2D eigenvalue weighted by atomic mass is 32.2. The standard InChI is InChI=1S/C24H21F3N2O4S2/c1-4-20(16-7-6-8-18-22(16)34-13(3)28-18)35(31,32)23(33-21(30)5-2)19-12-14-11-15(24(25,26)27)9-10-17(14)29-19/h4,6-12,20,23,29H,1,5H2,2-3H3. The number of H-pyrrole nitrogens is 1. The van der Waals surface area contributed by atoms with Crippen LogP contribution in [0.1, 0.15) is 45.9 Å². The van der Waals surface area contributed by atoms with Crippen molar-refractivity contribution in [2.75, 3.05) is 0 Å². The van der Waals surface area contributed by atoms with Crippen LogP contribution >= 0.6 is 11.3 Å². The van der Waals surface area contributed by atoms with E-state index in [1.54, 1.807) is 25.1 Å². The normalized spacial score (nSPS) is 14.2. The number of thiazole rings is 1. The van der Waals surface area contributed by atoms with Crippen LogP contribution in [0.25, 0.3) is 21.1 Å². The lowest BCUT2D eigenvalue weighted by Crippen LogP contribution is -2.24. The van der Waals surface area contributed by atoms with Gasteiger partial charge >= 0.3 is 12.1 Å². The molecule has 0 radical (unpaired) electrons. The summed E-state index contributed by atoms with van der Waals surface area (Å²) in [7, 11) is -4.33. The molecule has 0 amide bonds. The van der Waals surface area contributed by atoms with Crippen LogP contribution in [0.3, 0.4) is 0 Å². The number of carbonyl (C=O) groups is 1. The first-order valence-electron chi connectivity index (χ1n) is 10.6. The van der Waals surface area contributed by atoms with Crippen molar-refractivity contribution in [3.05, 3.63) is 76.9 Å². The van der Waals surface area contributed by atoms with Crippen LogP contribution in [-0.4, -0.2) is 24.4 Å². The third-order valence-corrected chi connectivity index (χ3v) is 8.61. The van der Waals surface area contributed by atoms with Gasteiger partial charge in [0.1, 0.15) is 5.25 Å². The van der Waals surface area contributed by atoms with Gasteiger partial charge in [-0.3, -0.25) is 4.79 Å². The smallest absolute Gasteiger partial charge is 0.416 e. The Morgan fingerprint density at radius 3 is 2.66 bits per heavy atom. The third-order valence-electron chi connectivity index (χ3n) is 5.48. The number of nitrogens with one attached hydrogen (secondary N) is 1. The Hall–Kier alpha value is -3.18. The summed E-state index contributed by atoms with van der Waals surface area (Å²) in [5, 5.41) is -0.381. The number of halogens is 3. The fourth-order valence-corrected chi connectivity index (χ4v) is 6.70. The summed E-state index contributed by atoms with van der Waals surface area (Å²) in [6.45, 7) is 7.02. The Bertz CT molecular complexity index is 1540. The van der Waals surface area contributed by atoms with Gasteiger partial charge < -0.3 is 9.72 Å². The van der Waals surface area contributed by atoms with E-state index < -0.39 is 38.2 Å². The minimum Gasteiger partial charge on any atom is -0.439 e. The van der Waals surface area contributed by atoms with Crippen LogP contribution < -0.4 is 0 Å². The Kier molecular flexibility index (Phi) is 6.50. The van der Waals surface area contributed by atoms with E-state index in [9.17, 15) is 26.4 Å². The molecule has 4 rings (SSSR count). The Morgan fingerprint density at radius 1 is 1.26 bits per heavy atom. The summed E-state index contributed by atoms with van der Waals surface area (Å²) in [6, 6.07) is 9.35. The minimum atomic E-state index is -4.56. The number of fused-ring (bicyclic) bond motifs is 2. The van der Waals surface area contributed by atoms with Crippen LogP contribution in [0.4, 0.5) is 13.2 Å². The van der Waals surface area contributed by atoms with Gasteiger partial charge in [-0.15, -0.1) is 17.9 Å². The van der Waals surface area contributed by atoms with Crippen molar-refractivity contribution in [1.82, 2.24) is 9.97 Å². The predicted octanol–water partition coefficient (Wildman–Crippen LogP) is 6.40. The molecular weight excluding hydrogens is 501 g/mol. The van der Waals surface area contributed by atoms with E-state index in [-0.39, 0.29) is 23.0 Å². The zero-order valence-electron chi connectivity index (χ0n) is 18.7. The molecule has 0 aliphatic carbocycles. The van der Waals surface area contributed by atoms with Crippen molar-refractivity contribution in [1.29, 1.82) is 0 Å². The highest BCUT2D eigenvalue weighted by Gasteiger charge is 2.39. The molecule has 0 saturated carbocycles. The Balaban J connectivity index is 1.86. The molecule has 2 aromatic heterocycles. The molecule has 184 valence electrons. The lowest BCUT2D eigenvalue weighted by atomic mass is 10.1. The number of nitrogens with zero attached hydrogens (tertiary/aromatic N) is 1. The van der Waals surface area contributed by atoms with Crippen molar-refractivity contribution in [2.45, 2.75) is 37.1 Å².